The number of ether oxygens (including phenoxy) is 5. The zero-order valence-corrected chi connectivity index (χ0v) is 27.3. The molecule has 2 fully saturated rings. The summed E-state index contributed by atoms with van der Waals surface area (Å²) in [5.41, 5.74) is 0.182. The Morgan fingerprint density at radius 2 is 1.70 bits per heavy atom. The molecule has 238 valence electrons. The first-order valence-corrected chi connectivity index (χ1v) is 15.3. The number of aliphatic hydroxyl groups is 1. The molecule has 9 nitrogen and oxygen atoms in total. The SMILES string of the molecule is C/C=C(\C)[C@@H](OC(C)=O)[C@@H](C)c1cc(OC(C)=O)c2c(c1OC(C)=O)O[C@]1(C)CC[C@H]3O[C@@H](C(C)(C)O)CC[C@]3(C)[C@H]1C2. The van der Waals surface area contributed by atoms with E-state index in [0.717, 1.165) is 18.4 Å². The van der Waals surface area contributed by atoms with E-state index >= 15 is 0 Å². The average Bonchev–Trinajstić information content (AvgIpc) is 2.89. The van der Waals surface area contributed by atoms with E-state index < -0.39 is 41.1 Å². The van der Waals surface area contributed by atoms with E-state index in [-0.39, 0.29) is 29.3 Å². The highest BCUT2D eigenvalue weighted by Crippen LogP contribution is 2.61. The molecule has 0 spiro atoms. The highest BCUT2D eigenvalue weighted by atomic mass is 16.6. The second kappa shape index (κ2) is 11.9. The molecule has 0 unspecified atom stereocenters. The van der Waals surface area contributed by atoms with Crippen LogP contribution in [0.4, 0.5) is 0 Å². The van der Waals surface area contributed by atoms with Crippen LogP contribution in [0, 0.1) is 11.3 Å². The van der Waals surface area contributed by atoms with Gasteiger partial charge in [0.2, 0.25) is 0 Å². The Hall–Kier alpha value is -2.91. The number of allylic oxidation sites excluding steroid dienone is 1. The monoisotopic (exact) mass is 600 g/mol. The summed E-state index contributed by atoms with van der Waals surface area (Å²) in [5.74, 6) is -0.965. The molecule has 9 heteroatoms. The van der Waals surface area contributed by atoms with Gasteiger partial charge in [-0.3, -0.25) is 14.4 Å². The van der Waals surface area contributed by atoms with Crippen LogP contribution in [0.25, 0.3) is 0 Å². The van der Waals surface area contributed by atoms with Gasteiger partial charge in [0.05, 0.1) is 17.8 Å². The van der Waals surface area contributed by atoms with Crippen molar-refractivity contribution in [3.63, 3.8) is 0 Å². The number of carbonyl (C=O) groups excluding carboxylic acids is 3. The molecule has 7 atom stereocenters. The van der Waals surface area contributed by atoms with Gasteiger partial charge in [-0.1, -0.05) is 19.9 Å². The smallest absolute Gasteiger partial charge is 0.308 e. The normalized spacial score (nSPS) is 30.0. The summed E-state index contributed by atoms with van der Waals surface area (Å²) in [4.78, 5) is 36.9. The third-order valence-corrected chi connectivity index (χ3v) is 9.94. The Labute approximate surface area is 255 Å². The van der Waals surface area contributed by atoms with Crippen LogP contribution < -0.4 is 14.2 Å². The standard InChI is InChI=1S/C34H48O9/c1-11-18(2)29(40-21(5)36)19(3)23-16-25(39-20(4)35)24-17-26-33(9)14-12-27(32(7,8)38)42-28(33)13-15-34(26,10)43-31(24)30(23)41-22(6)37/h11,16,19,26-29,38H,12-15,17H2,1-10H3/b18-11+/t19-,26+,27+,28+,29+,33+,34+/m0/s1. The highest BCUT2D eigenvalue weighted by molar-refractivity contribution is 5.75. The molecule has 1 aliphatic carbocycles. The van der Waals surface area contributed by atoms with Gasteiger partial charge in [0.25, 0.3) is 0 Å². The van der Waals surface area contributed by atoms with Gasteiger partial charge < -0.3 is 28.8 Å². The number of hydrogen-bond acceptors (Lipinski definition) is 9. The largest absolute Gasteiger partial charge is 0.483 e. The number of hydrogen-bond donors (Lipinski definition) is 1. The number of fused-ring (bicyclic) bond motifs is 4. The van der Waals surface area contributed by atoms with Gasteiger partial charge in [0.1, 0.15) is 17.5 Å². The zero-order valence-electron chi connectivity index (χ0n) is 27.3. The summed E-state index contributed by atoms with van der Waals surface area (Å²) in [6, 6.07) is 1.72. The second-order valence-corrected chi connectivity index (χ2v) is 13.7. The molecule has 1 N–H and O–H groups in total. The molecule has 2 heterocycles. The first-order valence-electron chi connectivity index (χ1n) is 15.3. The maximum atomic E-state index is 12.5. The van der Waals surface area contributed by atoms with Crippen molar-refractivity contribution in [3.05, 3.63) is 28.8 Å². The molecule has 0 amide bonds. The second-order valence-electron chi connectivity index (χ2n) is 13.7. The molecule has 1 saturated carbocycles. The van der Waals surface area contributed by atoms with Crippen LogP contribution >= 0.6 is 0 Å². The average molecular weight is 601 g/mol. The number of esters is 3. The lowest BCUT2D eigenvalue weighted by Crippen LogP contribution is -2.63. The molecule has 0 aromatic heterocycles. The van der Waals surface area contributed by atoms with E-state index in [4.69, 9.17) is 23.7 Å². The maximum Gasteiger partial charge on any atom is 0.308 e. The van der Waals surface area contributed by atoms with Crippen LogP contribution in [-0.4, -0.2) is 52.5 Å². The zero-order chi connectivity index (χ0) is 32.1. The quantitative estimate of drug-likeness (QED) is 0.230. The molecular weight excluding hydrogens is 552 g/mol. The Balaban J connectivity index is 1.87. The first-order chi connectivity index (χ1) is 19.9. The molecule has 43 heavy (non-hydrogen) atoms. The minimum atomic E-state index is -0.943. The minimum absolute atomic E-state index is 0.00386. The lowest BCUT2D eigenvalue weighted by Gasteiger charge is -2.60. The van der Waals surface area contributed by atoms with E-state index in [9.17, 15) is 19.5 Å². The van der Waals surface area contributed by atoms with Crippen molar-refractivity contribution < 1.29 is 43.2 Å². The predicted molar refractivity (Wildman–Crippen MR) is 160 cm³/mol. The Bertz CT molecular complexity index is 1310. The minimum Gasteiger partial charge on any atom is -0.483 e. The fraction of sp³-hybridized carbons (Fsp3) is 0.676. The maximum absolute atomic E-state index is 12.5. The fourth-order valence-electron chi connectivity index (χ4n) is 7.54. The molecule has 3 aliphatic rings. The van der Waals surface area contributed by atoms with Crippen LogP contribution in [0.15, 0.2) is 17.7 Å². The van der Waals surface area contributed by atoms with Crippen molar-refractivity contribution in [2.24, 2.45) is 11.3 Å². The lowest BCUT2D eigenvalue weighted by molar-refractivity contribution is -0.238. The van der Waals surface area contributed by atoms with Crippen LogP contribution in [0.1, 0.15) is 112 Å². The van der Waals surface area contributed by atoms with Crippen LogP contribution in [0.5, 0.6) is 17.2 Å². The van der Waals surface area contributed by atoms with Crippen LogP contribution in [0.3, 0.4) is 0 Å². The molecular formula is C34H48O9. The van der Waals surface area contributed by atoms with E-state index in [1.54, 1.807) is 19.9 Å². The third-order valence-electron chi connectivity index (χ3n) is 9.94. The number of rotatable bonds is 7. The Morgan fingerprint density at radius 1 is 1.05 bits per heavy atom. The molecule has 1 aromatic rings. The van der Waals surface area contributed by atoms with Crippen molar-refractivity contribution >= 4 is 17.9 Å². The van der Waals surface area contributed by atoms with E-state index in [1.807, 2.05) is 26.8 Å². The molecule has 0 radical (unpaired) electrons. The summed E-state index contributed by atoms with van der Waals surface area (Å²) in [7, 11) is 0. The van der Waals surface area contributed by atoms with E-state index in [1.165, 1.54) is 20.8 Å². The molecule has 1 saturated heterocycles. The van der Waals surface area contributed by atoms with Crippen molar-refractivity contribution in [1.29, 1.82) is 0 Å². The van der Waals surface area contributed by atoms with Crippen molar-refractivity contribution in [1.82, 2.24) is 0 Å². The van der Waals surface area contributed by atoms with Gasteiger partial charge >= 0.3 is 17.9 Å². The summed E-state index contributed by atoms with van der Waals surface area (Å²) >= 11 is 0. The van der Waals surface area contributed by atoms with Crippen LogP contribution in [-0.2, 0) is 30.3 Å². The lowest BCUT2D eigenvalue weighted by atomic mass is 9.54. The molecule has 1 aromatic carbocycles. The van der Waals surface area contributed by atoms with Gasteiger partial charge in [-0.25, -0.2) is 0 Å². The number of carbonyl (C=O) groups is 3. The first kappa shape index (κ1) is 33.0. The van der Waals surface area contributed by atoms with Crippen molar-refractivity contribution in [2.45, 2.75) is 137 Å². The van der Waals surface area contributed by atoms with Crippen molar-refractivity contribution in [3.8, 4) is 17.2 Å². The van der Waals surface area contributed by atoms with Gasteiger partial charge in [-0.2, -0.15) is 0 Å². The van der Waals surface area contributed by atoms with Gasteiger partial charge in [0.15, 0.2) is 11.5 Å². The Morgan fingerprint density at radius 3 is 2.26 bits per heavy atom. The summed E-state index contributed by atoms with van der Waals surface area (Å²) < 4.78 is 30.9. The molecule has 2 aliphatic heterocycles. The summed E-state index contributed by atoms with van der Waals surface area (Å²) in [6.45, 7) is 17.5. The summed E-state index contributed by atoms with van der Waals surface area (Å²) in [6.07, 6.45) is 4.40. The van der Waals surface area contributed by atoms with Crippen LogP contribution in [0.2, 0.25) is 0 Å². The Kier molecular flexibility index (Phi) is 9.12. The predicted octanol–water partition coefficient (Wildman–Crippen LogP) is 5.97. The topological polar surface area (TPSA) is 118 Å². The van der Waals surface area contributed by atoms with Gasteiger partial charge in [-0.05, 0) is 78.4 Å². The molecule has 0 bridgehead atoms. The van der Waals surface area contributed by atoms with Crippen molar-refractivity contribution in [2.75, 3.05) is 0 Å². The fourth-order valence-corrected chi connectivity index (χ4v) is 7.54. The van der Waals surface area contributed by atoms with E-state index in [2.05, 4.69) is 13.8 Å². The van der Waals surface area contributed by atoms with E-state index in [0.29, 0.717) is 41.9 Å². The summed E-state index contributed by atoms with van der Waals surface area (Å²) in [5, 5.41) is 10.7. The highest BCUT2D eigenvalue weighted by Gasteiger charge is 2.60. The third kappa shape index (κ3) is 6.34. The van der Waals surface area contributed by atoms with Gasteiger partial charge in [0, 0.05) is 49.1 Å². The van der Waals surface area contributed by atoms with Gasteiger partial charge in [-0.15, -0.1) is 0 Å². The number of benzene rings is 1. The molecule has 4 rings (SSSR count).